The molecule has 0 radical (unpaired) electrons. The van der Waals surface area contributed by atoms with Crippen LogP contribution in [0.4, 0.5) is 0 Å². The van der Waals surface area contributed by atoms with Gasteiger partial charge in [0.15, 0.2) is 0 Å². The van der Waals surface area contributed by atoms with Crippen molar-refractivity contribution in [2.24, 2.45) is 5.73 Å². The van der Waals surface area contributed by atoms with Crippen LogP contribution in [0.15, 0.2) is 0 Å². The van der Waals surface area contributed by atoms with Gasteiger partial charge in [-0.25, -0.2) is 0 Å². The first-order valence-electron chi connectivity index (χ1n) is 4.66. The number of nitrogens with two attached hydrogens (primary N) is 1. The molecule has 0 bridgehead atoms. The van der Waals surface area contributed by atoms with Crippen LogP contribution < -0.4 is 5.73 Å². The monoisotopic (exact) mass is 277 g/mol. The van der Waals surface area contributed by atoms with E-state index < -0.39 is 22.5 Å². The maximum absolute atomic E-state index is 10.4. The van der Waals surface area contributed by atoms with Crippen LogP contribution in [0.2, 0.25) is 0 Å². The second-order valence-corrected chi connectivity index (χ2v) is 4.52. The molecule has 0 saturated carbocycles. The average Bonchev–Trinajstić information content (AvgIpc) is 2.09. The Kier molecular flexibility index (Phi) is 8.45. The number of aliphatic hydroxyl groups is 1. The number of hydrogen-bond acceptors (Lipinski definition) is 6. The molecule has 10 heteroatoms. The zero-order chi connectivity index (χ0) is 12.6. The minimum Gasteiger partial charge on any atom is -0.343 e. The number of hydrogen-bond donors (Lipinski definition) is 4. The molecule has 0 heterocycles. The van der Waals surface area contributed by atoms with Gasteiger partial charge in [0, 0.05) is 6.42 Å². The molecule has 0 amide bonds. The smallest absolute Gasteiger partial charge is 0.320 e. The van der Waals surface area contributed by atoms with E-state index in [1.54, 1.807) is 0 Å². The van der Waals surface area contributed by atoms with E-state index in [0.29, 0.717) is 25.8 Å². The Morgan fingerprint density at radius 3 is 1.94 bits per heavy atom. The molecule has 0 spiro atoms. The molecule has 0 saturated heterocycles. The largest absolute Gasteiger partial charge is 0.343 e. The lowest BCUT2D eigenvalue weighted by Crippen LogP contribution is -2.31. The zero-order valence-electron chi connectivity index (χ0n) is 8.59. The topological polar surface area (TPSA) is 139 Å². The van der Waals surface area contributed by atoms with Crippen LogP contribution in [0.1, 0.15) is 25.7 Å². The van der Waals surface area contributed by atoms with Crippen LogP contribution >= 0.6 is 16.5 Å². The van der Waals surface area contributed by atoms with Gasteiger partial charge in [0.1, 0.15) is 0 Å². The molecule has 16 heavy (non-hydrogen) atoms. The summed E-state index contributed by atoms with van der Waals surface area (Å²) in [6, 6.07) is 0. The van der Waals surface area contributed by atoms with Crippen molar-refractivity contribution in [3.8, 4) is 0 Å². The van der Waals surface area contributed by atoms with Crippen LogP contribution in [0.5, 0.6) is 0 Å². The molecular formula is C6H17NO7P2. The molecule has 0 aromatic rings. The average molecular weight is 277 g/mol. The van der Waals surface area contributed by atoms with E-state index in [0.717, 1.165) is 0 Å². The van der Waals surface area contributed by atoms with Crippen molar-refractivity contribution in [1.29, 1.82) is 0 Å². The molecule has 2 unspecified atom stereocenters. The quantitative estimate of drug-likeness (QED) is 0.261. The fraction of sp³-hybridized carbons (Fsp3) is 1.00. The van der Waals surface area contributed by atoms with Crippen molar-refractivity contribution in [1.82, 2.24) is 0 Å². The van der Waals surface area contributed by atoms with Gasteiger partial charge in [0.05, 0.1) is 0 Å². The van der Waals surface area contributed by atoms with Crippen LogP contribution in [0.3, 0.4) is 0 Å². The minimum atomic E-state index is -3.46. The predicted octanol–water partition coefficient (Wildman–Crippen LogP) is -0.0512. The normalized spacial score (nSPS) is 19.0. The van der Waals surface area contributed by atoms with Crippen molar-refractivity contribution in [3.05, 3.63) is 0 Å². The van der Waals surface area contributed by atoms with Gasteiger partial charge < -0.3 is 20.6 Å². The predicted molar refractivity (Wildman–Crippen MR) is 57.1 cm³/mol. The van der Waals surface area contributed by atoms with Gasteiger partial charge in [-0.2, -0.15) is 0 Å². The SMILES string of the molecule is NCCCCCC(O)(O[PH](=O)O)O[PH](=O)O. The van der Waals surface area contributed by atoms with Gasteiger partial charge in [-0.1, -0.05) is 6.42 Å². The third-order valence-electron chi connectivity index (χ3n) is 1.69. The first-order chi connectivity index (χ1) is 7.39. The van der Waals surface area contributed by atoms with Gasteiger partial charge in [-0.3, -0.25) is 18.2 Å². The second-order valence-electron chi connectivity index (χ2n) is 3.05. The number of rotatable bonds is 9. The van der Waals surface area contributed by atoms with Crippen molar-refractivity contribution in [3.63, 3.8) is 0 Å². The highest BCUT2D eigenvalue weighted by Gasteiger charge is 2.32. The van der Waals surface area contributed by atoms with Crippen molar-refractivity contribution < 1.29 is 33.1 Å². The molecule has 0 aromatic carbocycles. The van der Waals surface area contributed by atoms with E-state index in [1.165, 1.54) is 0 Å². The summed E-state index contributed by atoms with van der Waals surface area (Å²) in [7, 11) is -6.92. The maximum Gasteiger partial charge on any atom is 0.320 e. The lowest BCUT2D eigenvalue weighted by molar-refractivity contribution is -0.277. The first-order valence-corrected chi connectivity index (χ1v) is 7.18. The summed E-state index contributed by atoms with van der Waals surface area (Å²) < 4.78 is 29.2. The summed E-state index contributed by atoms with van der Waals surface area (Å²) in [5.74, 6) is -2.48. The number of unbranched alkanes of at least 4 members (excludes halogenated alkanes) is 2. The fourth-order valence-electron chi connectivity index (χ4n) is 1.07. The Morgan fingerprint density at radius 2 is 1.56 bits per heavy atom. The van der Waals surface area contributed by atoms with E-state index in [1.807, 2.05) is 0 Å². The molecule has 0 aliphatic carbocycles. The Hall–Kier alpha value is 0.220. The summed E-state index contributed by atoms with van der Waals surface area (Å²) in [6.45, 7) is 0.480. The molecule has 5 N–H and O–H groups in total. The summed E-state index contributed by atoms with van der Waals surface area (Å²) >= 11 is 0. The van der Waals surface area contributed by atoms with Gasteiger partial charge >= 0.3 is 16.5 Å². The molecule has 0 aromatic heterocycles. The molecule has 8 nitrogen and oxygen atoms in total. The standard InChI is InChI=1S/C6H17NO7P2/c7-5-3-1-2-4-6(8,13-15(9)10)14-16(11)12/h8,15-16H,1-5,7H2,(H,9,10)(H,11,12). The second kappa shape index (κ2) is 8.33. The van der Waals surface area contributed by atoms with E-state index in [4.69, 9.17) is 15.5 Å². The molecule has 0 aliphatic heterocycles. The lowest BCUT2D eigenvalue weighted by atomic mass is 10.2. The molecule has 98 valence electrons. The minimum absolute atomic E-state index is 0.180. The van der Waals surface area contributed by atoms with Crippen LogP contribution in [0.25, 0.3) is 0 Å². The molecule has 0 rings (SSSR count). The Labute approximate surface area is 94.3 Å². The molecule has 0 fully saturated rings. The maximum atomic E-state index is 10.4. The van der Waals surface area contributed by atoms with Crippen molar-refractivity contribution in [2.75, 3.05) is 6.54 Å². The van der Waals surface area contributed by atoms with Crippen LogP contribution in [-0.4, -0.2) is 27.4 Å². The molecule has 0 aliphatic rings. The van der Waals surface area contributed by atoms with E-state index in [2.05, 4.69) is 9.05 Å². The van der Waals surface area contributed by atoms with E-state index >= 15 is 0 Å². The summed E-state index contributed by atoms with van der Waals surface area (Å²) in [6.07, 6.45) is 1.56. The van der Waals surface area contributed by atoms with Crippen molar-refractivity contribution >= 4 is 16.5 Å². The van der Waals surface area contributed by atoms with Gasteiger partial charge in [0.25, 0.3) is 5.97 Å². The fourth-order valence-corrected chi connectivity index (χ4v) is 1.98. The third kappa shape index (κ3) is 8.38. The van der Waals surface area contributed by atoms with Crippen molar-refractivity contribution in [2.45, 2.75) is 31.7 Å². The van der Waals surface area contributed by atoms with Gasteiger partial charge in [0.2, 0.25) is 0 Å². The van der Waals surface area contributed by atoms with E-state index in [9.17, 15) is 14.2 Å². The van der Waals surface area contributed by atoms with Gasteiger partial charge in [-0.15, -0.1) is 0 Å². The molecule has 2 atom stereocenters. The Balaban J connectivity index is 4.18. The Bertz CT molecular complexity index is 233. The highest BCUT2D eigenvalue weighted by molar-refractivity contribution is 7.33. The van der Waals surface area contributed by atoms with E-state index in [-0.39, 0.29) is 6.42 Å². The highest BCUT2D eigenvalue weighted by atomic mass is 31.1. The van der Waals surface area contributed by atoms with Gasteiger partial charge in [-0.05, 0) is 19.4 Å². The summed E-state index contributed by atoms with van der Waals surface area (Å²) in [5.41, 5.74) is 5.24. The first kappa shape index (κ1) is 16.2. The summed E-state index contributed by atoms with van der Waals surface area (Å²) in [5, 5.41) is 9.51. The summed E-state index contributed by atoms with van der Waals surface area (Å²) in [4.78, 5) is 17.0. The third-order valence-corrected chi connectivity index (χ3v) is 2.68. The lowest BCUT2D eigenvalue weighted by Gasteiger charge is -2.24. The highest BCUT2D eigenvalue weighted by Crippen LogP contribution is 2.35. The zero-order valence-corrected chi connectivity index (χ0v) is 10.6. The van der Waals surface area contributed by atoms with Crippen LogP contribution in [0, 0.1) is 0 Å². The molecular weight excluding hydrogens is 260 g/mol. The Morgan fingerprint density at radius 1 is 1.06 bits per heavy atom. The van der Waals surface area contributed by atoms with Crippen LogP contribution in [-0.2, 0) is 18.2 Å².